The van der Waals surface area contributed by atoms with E-state index in [4.69, 9.17) is 9.47 Å². The lowest BCUT2D eigenvalue weighted by Gasteiger charge is -2.73. The highest BCUT2D eigenvalue weighted by atomic mass is 19.3. The number of Topliss-reactive ketones (excluding diaryl/α,β-unsaturated/α-hetero) is 1. The van der Waals surface area contributed by atoms with E-state index in [0.717, 1.165) is 30.6 Å². The summed E-state index contributed by atoms with van der Waals surface area (Å²) in [7, 11) is 1.45. The van der Waals surface area contributed by atoms with Crippen molar-refractivity contribution in [2.45, 2.75) is 119 Å². The molecule has 1 aromatic rings. The number of carbonyl (C=O) groups excluding carboxylic acids is 1. The first-order valence-electron chi connectivity index (χ1n) is 17.5. The zero-order valence-electron chi connectivity index (χ0n) is 28.7. The Hall–Kier alpha value is -1.95. The molecule has 1 heterocycles. The third-order valence-corrected chi connectivity index (χ3v) is 15.5. The van der Waals surface area contributed by atoms with Crippen LogP contribution in [0.5, 0.6) is 11.5 Å². The highest BCUT2D eigenvalue weighted by molar-refractivity contribution is 6.04. The summed E-state index contributed by atoms with van der Waals surface area (Å²) in [5.41, 5.74) is 2.20. The molecule has 5 saturated carbocycles. The largest absolute Gasteiger partial charge is 0.493 e. The Morgan fingerprint density at radius 3 is 2.33 bits per heavy atom. The number of carbonyl (C=O) groups is 1. The summed E-state index contributed by atoms with van der Waals surface area (Å²) in [5, 5.41) is 0. The topological polar surface area (TPSA) is 44.8 Å². The number of allylic oxidation sites excluding steroid dienone is 1. The summed E-state index contributed by atoms with van der Waals surface area (Å²) in [6.07, 6.45) is 13.1. The monoisotopic (exact) mass is 624 g/mol. The van der Waals surface area contributed by atoms with Gasteiger partial charge in [-0.3, -0.25) is 4.79 Å². The Bertz CT molecular complexity index is 1420. The second kappa shape index (κ2) is 10.0. The van der Waals surface area contributed by atoms with Crippen molar-refractivity contribution in [1.82, 2.24) is 0 Å². The van der Waals surface area contributed by atoms with Crippen LogP contribution in [0.3, 0.4) is 0 Å². The van der Waals surface area contributed by atoms with Gasteiger partial charge in [0.15, 0.2) is 17.3 Å². The smallest absolute Gasteiger partial charge is 0.387 e. The van der Waals surface area contributed by atoms with E-state index >= 15 is 0 Å². The number of hydrogen-bond acceptors (Lipinski definition) is 4. The molecule has 0 aromatic heterocycles. The molecule has 6 heteroatoms. The molecule has 1 saturated heterocycles. The fraction of sp³-hybridized carbons (Fsp3) is 0.769. The molecule has 0 unspecified atom stereocenters. The average molecular weight is 625 g/mol. The molecule has 7 rings (SSSR count). The Kier molecular flexibility index (Phi) is 7.05. The van der Waals surface area contributed by atoms with Gasteiger partial charge in [0.05, 0.1) is 19.8 Å². The van der Waals surface area contributed by atoms with E-state index in [0.29, 0.717) is 35.2 Å². The molecular formula is C39H54F2O4. The number of ether oxygens (including phenoxy) is 3. The lowest BCUT2D eigenvalue weighted by molar-refractivity contribution is -0.236. The first-order chi connectivity index (χ1) is 21.0. The first-order valence-corrected chi connectivity index (χ1v) is 17.5. The summed E-state index contributed by atoms with van der Waals surface area (Å²) in [6.45, 7) is 15.1. The maximum atomic E-state index is 14.2. The van der Waals surface area contributed by atoms with E-state index in [-0.39, 0.29) is 38.9 Å². The van der Waals surface area contributed by atoms with Crippen LogP contribution in [0.1, 0.15) is 112 Å². The molecule has 4 nitrogen and oxygen atoms in total. The molecule has 248 valence electrons. The number of benzene rings is 1. The highest BCUT2D eigenvalue weighted by Gasteiger charge is 2.73. The molecule has 0 amide bonds. The van der Waals surface area contributed by atoms with Gasteiger partial charge in [0.2, 0.25) is 0 Å². The van der Waals surface area contributed by atoms with Gasteiger partial charge >= 0.3 is 6.61 Å². The molecule has 6 fully saturated rings. The number of ketones is 1. The van der Waals surface area contributed by atoms with Crippen LogP contribution in [0, 0.1) is 56.2 Å². The number of rotatable bonds is 4. The van der Waals surface area contributed by atoms with Gasteiger partial charge in [0.1, 0.15) is 0 Å². The molecule has 6 aliphatic rings. The lowest BCUT2D eigenvalue weighted by atomic mass is 9.31. The molecule has 5 aliphatic carbocycles. The van der Waals surface area contributed by atoms with E-state index in [2.05, 4.69) is 53.2 Å². The maximum Gasteiger partial charge on any atom is 0.387 e. The van der Waals surface area contributed by atoms with Crippen LogP contribution in [0.2, 0.25) is 0 Å². The van der Waals surface area contributed by atoms with Crippen molar-refractivity contribution in [3.63, 3.8) is 0 Å². The van der Waals surface area contributed by atoms with Gasteiger partial charge in [-0.1, -0.05) is 54.5 Å². The second-order valence-corrected chi connectivity index (χ2v) is 18.0. The SMILES string of the molecule is COc1cc(/C=C2\C[C@@]3(C)[C@H](CC[C@]4(C)[C@@H]3CC[C@@H]3[C@H]5[C@H]6OC[C@@]5(CCC6(C)C)CC[C@]34C)C(C)(C)C2=O)ccc1OC(F)F. The first kappa shape index (κ1) is 31.6. The van der Waals surface area contributed by atoms with Gasteiger partial charge in [-0.15, -0.1) is 0 Å². The fourth-order valence-corrected chi connectivity index (χ4v) is 13.1. The molecule has 0 N–H and O–H groups in total. The van der Waals surface area contributed by atoms with E-state index in [1.807, 2.05) is 6.08 Å². The fourth-order valence-electron chi connectivity index (χ4n) is 13.1. The van der Waals surface area contributed by atoms with Gasteiger partial charge in [-0.2, -0.15) is 8.78 Å². The number of fused-ring (bicyclic) bond motifs is 5. The van der Waals surface area contributed by atoms with Crippen molar-refractivity contribution >= 4 is 11.9 Å². The minimum atomic E-state index is -2.93. The number of halogens is 2. The van der Waals surface area contributed by atoms with E-state index in [1.165, 1.54) is 58.1 Å². The van der Waals surface area contributed by atoms with Gasteiger partial charge < -0.3 is 14.2 Å². The Morgan fingerprint density at radius 1 is 0.889 bits per heavy atom. The number of hydrogen-bond donors (Lipinski definition) is 0. The van der Waals surface area contributed by atoms with Crippen LogP contribution in [-0.2, 0) is 9.53 Å². The van der Waals surface area contributed by atoms with Gasteiger partial charge in [-0.25, -0.2) is 0 Å². The van der Waals surface area contributed by atoms with Crippen molar-refractivity contribution in [3.8, 4) is 11.5 Å². The van der Waals surface area contributed by atoms with Crippen LogP contribution < -0.4 is 9.47 Å². The summed E-state index contributed by atoms with van der Waals surface area (Å²) in [5.74, 6) is 2.67. The lowest BCUT2D eigenvalue weighted by Crippen LogP contribution is -2.67. The molecule has 0 radical (unpaired) electrons. The third kappa shape index (κ3) is 4.25. The van der Waals surface area contributed by atoms with Crippen LogP contribution in [-0.4, -0.2) is 32.2 Å². The summed E-state index contributed by atoms with van der Waals surface area (Å²) < 4.78 is 42.7. The summed E-state index contributed by atoms with van der Waals surface area (Å²) >= 11 is 0. The molecular weight excluding hydrogens is 570 g/mol. The van der Waals surface area contributed by atoms with E-state index in [1.54, 1.807) is 12.1 Å². The summed E-state index contributed by atoms with van der Waals surface area (Å²) in [4.78, 5) is 14.2. The van der Waals surface area contributed by atoms with Crippen molar-refractivity contribution in [2.75, 3.05) is 13.7 Å². The van der Waals surface area contributed by atoms with Gasteiger partial charge in [0, 0.05) is 5.41 Å². The Balaban J connectivity index is 1.25. The molecule has 45 heavy (non-hydrogen) atoms. The van der Waals surface area contributed by atoms with Crippen molar-refractivity contribution < 1.29 is 27.8 Å². The quantitative estimate of drug-likeness (QED) is 0.313. The van der Waals surface area contributed by atoms with Crippen LogP contribution in [0.25, 0.3) is 6.08 Å². The highest BCUT2D eigenvalue weighted by Crippen LogP contribution is 2.78. The van der Waals surface area contributed by atoms with E-state index < -0.39 is 12.0 Å². The summed E-state index contributed by atoms with van der Waals surface area (Å²) in [6, 6.07) is 4.97. The van der Waals surface area contributed by atoms with Crippen LogP contribution in [0.4, 0.5) is 8.78 Å². The number of alkyl halides is 2. The third-order valence-electron chi connectivity index (χ3n) is 15.5. The van der Waals surface area contributed by atoms with Crippen LogP contribution in [0.15, 0.2) is 23.8 Å². The second-order valence-electron chi connectivity index (χ2n) is 18.0. The van der Waals surface area contributed by atoms with Gasteiger partial charge in [0.25, 0.3) is 0 Å². The molecule has 0 spiro atoms. The molecule has 2 bridgehead atoms. The van der Waals surface area contributed by atoms with E-state index in [9.17, 15) is 13.6 Å². The Labute approximate surface area is 269 Å². The predicted molar refractivity (Wildman–Crippen MR) is 172 cm³/mol. The number of methoxy groups -OCH3 is 1. The zero-order chi connectivity index (χ0) is 32.4. The minimum absolute atomic E-state index is 0.000482. The van der Waals surface area contributed by atoms with Crippen molar-refractivity contribution in [3.05, 3.63) is 29.3 Å². The maximum absolute atomic E-state index is 14.2. The molecule has 1 aliphatic heterocycles. The molecule has 9 atom stereocenters. The van der Waals surface area contributed by atoms with Crippen molar-refractivity contribution in [1.29, 1.82) is 0 Å². The average Bonchev–Trinajstić information content (AvgIpc) is 3.30. The zero-order valence-corrected chi connectivity index (χ0v) is 28.7. The minimum Gasteiger partial charge on any atom is -0.493 e. The Morgan fingerprint density at radius 2 is 1.62 bits per heavy atom. The molecule has 1 aromatic carbocycles. The van der Waals surface area contributed by atoms with Crippen LogP contribution >= 0.6 is 0 Å². The standard InChI is InChI=1S/C39H54F2O4/c1-34(2)15-17-39-18-16-37(6)25(30(39)32(34)44-22-39)10-12-29-36(5)21-24(31(42)35(3,4)28(36)13-14-38(29,37)7)19-23-9-11-26(45-33(40)41)27(20-23)43-8/h9,11,19-20,25,28-30,32-33H,10,12-18,21-22H2,1-8H3/b24-19+/t25-,28-,29-,30+,32-,36+,37-,38-,39-/m1/s1. The predicted octanol–water partition coefficient (Wildman–Crippen LogP) is 9.75. The van der Waals surface area contributed by atoms with Gasteiger partial charge in [-0.05, 0) is 138 Å². The van der Waals surface area contributed by atoms with Crippen molar-refractivity contribution in [2.24, 2.45) is 56.2 Å². The normalized spacial score (nSPS) is 45.4.